The maximum atomic E-state index is 12.1. The Bertz CT molecular complexity index is 731. The van der Waals surface area contributed by atoms with Crippen LogP contribution in [-0.2, 0) is 17.7 Å². The molecule has 26 heavy (non-hydrogen) atoms. The number of hydrogen-bond acceptors (Lipinski definition) is 3. The maximum absolute atomic E-state index is 12.1. The molecule has 1 heterocycles. The first kappa shape index (κ1) is 18.0. The van der Waals surface area contributed by atoms with Gasteiger partial charge in [0.05, 0.1) is 11.8 Å². The number of nitrogens with zero attached hydrogens (tertiary/aromatic N) is 1. The molecule has 2 aromatic carbocycles. The Morgan fingerprint density at radius 3 is 2.42 bits per heavy atom. The molecule has 0 radical (unpaired) electrons. The average molecular weight is 351 g/mol. The first-order valence-corrected chi connectivity index (χ1v) is 9.08. The van der Waals surface area contributed by atoms with Crippen LogP contribution in [0.3, 0.4) is 0 Å². The van der Waals surface area contributed by atoms with Crippen LogP contribution in [0.1, 0.15) is 24.5 Å². The molecule has 5 heteroatoms. The lowest BCUT2D eigenvalue weighted by Crippen LogP contribution is -2.49. The fourth-order valence-corrected chi connectivity index (χ4v) is 3.12. The molecule has 0 spiro atoms. The van der Waals surface area contributed by atoms with Crippen molar-refractivity contribution < 1.29 is 9.63 Å². The molecule has 0 bridgehead atoms. The lowest BCUT2D eigenvalue weighted by Gasteiger charge is -2.23. The van der Waals surface area contributed by atoms with E-state index in [-0.39, 0.29) is 18.2 Å². The number of carbonyl (C=O) groups is 1. The van der Waals surface area contributed by atoms with Crippen LogP contribution < -0.4 is 10.6 Å². The highest BCUT2D eigenvalue weighted by atomic mass is 16.6. The number of urea groups is 1. The van der Waals surface area contributed by atoms with Crippen molar-refractivity contribution in [2.75, 3.05) is 6.54 Å². The second kappa shape index (κ2) is 9.04. The van der Waals surface area contributed by atoms with Crippen LogP contribution in [0, 0.1) is 0 Å². The van der Waals surface area contributed by atoms with Crippen molar-refractivity contribution in [1.82, 2.24) is 10.6 Å². The Morgan fingerprint density at radius 2 is 1.77 bits per heavy atom. The molecule has 1 aliphatic rings. The second-order valence-corrected chi connectivity index (χ2v) is 6.47. The Kier molecular flexibility index (Phi) is 6.25. The summed E-state index contributed by atoms with van der Waals surface area (Å²) in [6, 6.07) is 20.0. The number of hydrogen-bond donors (Lipinski definition) is 2. The van der Waals surface area contributed by atoms with Gasteiger partial charge in [0.25, 0.3) is 0 Å². The van der Waals surface area contributed by atoms with Gasteiger partial charge in [0.2, 0.25) is 0 Å². The molecule has 2 unspecified atom stereocenters. The summed E-state index contributed by atoms with van der Waals surface area (Å²) in [6.45, 7) is 2.49. The Hall–Kier alpha value is -2.82. The van der Waals surface area contributed by atoms with Crippen LogP contribution >= 0.6 is 0 Å². The molecule has 2 amide bonds. The summed E-state index contributed by atoms with van der Waals surface area (Å²) in [7, 11) is 0. The minimum absolute atomic E-state index is 0.138. The first-order valence-electron chi connectivity index (χ1n) is 9.08. The summed E-state index contributed by atoms with van der Waals surface area (Å²) in [4.78, 5) is 17.8. The van der Waals surface area contributed by atoms with Crippen LogP contribution in [0.5, 0.6) is 0 Å². The Balaban J connectivity index is 1.64. The van der Waals surface area contributed by atoms with Gasteiger partial charge in [0, 0.05) is 19.4 Å². The lowest BCUT2D eigenvalue weighted by molar-refractivity contribution is 0.0579. The van der Waals surface area contributed by atoms with Gasteiger partial charge in [-0.25, -0.2) is 4.79 Å². The van der Waals surface area contributed by atoms with E-state index in [0.29, 0.717) is 13.0 Å². The minimum atomic E-state index is -0.173. The number of oxime groups is 1. The van der Waals surface area contributed by atoms with Crippen LogP contribution in [-0.4, -0.2) is 30.4 Å². The van der Waals surface area contributed by atoms with Crippen molar-refractivity contribution in [2.45, 2.75) is 38.3 Å². The van der Waals surface area contributed by atoms with Gasteiger partial charge in [-0.15, -0.1) is 0 Å². The lowest BCUT2D eigenvalue weighted by atomic mass is 9.96. The summed E-state index contributed by atoms with van der Waals surface area (Å²) in [6.07, 6.45) is 2.04. The van der Waals surface area contributed by atoms with Gasteiger partial charge in [-0.3, -0.25) is 0 Å². The third-order valence-corrected chi connectivity index (χ3v) is 4.41. The van der Waals surface area contributed by atoms with Gasteiger partial charge in [0.1, 0.15) is 0 Å². The number of carbonyl (C=O) groups excluding carboxylic acids is 1. The summed E-state index contributed by atoms with van der Waals surface area (Å²) >= 11 is 0. The van der Waals surface area contributed by atoms with Gasteiger partial charge in [-0.2, -0.15) is 0 Å². The molecule has 0 saturated heterocycles. The van der Waals surface area contributed by atoms with Crippen LogP contribution in [0.4, 0.5) is 4.79 Å². The number of rotatable bonds is 7. The third kappa shape index (κ3) is 5.09. The summed E-state index contributed by atoms with van der Waals surface area (Å²) in [5.41, 5.74) is 3.39. The van der Waals surface area contributed by atoms with Gasteiger partial charge >= 0.3 is 6.03 Å². The van der Waals surface area contributed by atoms with Crippen LogP contribution in [0.15, 0.2) is 65.8 Å². The van der Waals surface area contributed by atoms with E-state index in [4.69, 9.17) is 4.84 Å². The van der Waals surface area contributed by atoms with Gasteiger partial charge in [-0.1, -0.05) is 65.8 Å². The van der Waals surface area contributed by atoms with Gasteiger partial charge in [-0.05, 0) is 24.5 Å². The molecule has 5 nitrogen and oxygen atoms in total. The van der Waals surface area contributed by atoms with E-state index in [1.54, 1.807) is 0 Å². The maximum Gasteiger partial charge on any atom is 0.315 e. The highest BCUT2D eigenvalue weighted by Gasteiger charge is 2.31. The summed E-state index contributed by atoms with van der Waals surface area (Å²) < 4.78 is 0. The molecule has 1 aliphatic heterocycles. The van der Waals surface area contributed by atoms with Crippen molar-refractivity contribution in [2.24, 2.45) is 5.16 Å². The summed E-state index contributed by atoms with van der Waals surface area (Å²) in [5, 5.41) is 10.1. The predicted molar refractivity (Wildman–Crippen MR) is 103 cm³/mol. The van der Waals surface area contributed by atoms with Gasteiger partial charge in [0.15, 0.2) is 6.10 Å². The van der Waals surface area contributed by atoms with Gasteiger partial charge < -0.3 is 15.5 Å². The highest BCUT2D eigenvalue weighted by Crippen LogP contribution is 2.20. The molecule has 0 saturated carbocycles. The fraction of sp³-hybridized carbons (Fsp3) is 0.333. The summed E-state index contributed by atoms with van der Waals surface area (Å²) in [5.74, 6) is 0. The van der Waals surface area contributed by atoms with Crippen molar-refractivity contribution in [1.29, 1.82) is 0 Å². The van der Waals surface area contributed by atoms with E-state index < -0.39 is 0 Å². The minimum Gasteiger partial charge on any atom is -0.390 e. The molecular weight excluding hydrogens is 326 g/mol. The molecule has 2 N–H and O–H groups in total. The largest absolute Gasteiger partial charge is 0.390 e. The molecule has 136 valence electrons. The molecule has 2 aromatic rings. The van der Waals surface area contributed by atoms with E-state index in [1.165, 1.54) is 5.56 Å². The van der Waals surface area contributed by atoms with Crippen molar-refractivity contribution in [3.8, 4) is 0 Å². The zero-order valence-electron chi connectivity index (χ0n) is 15.0. The smallest absolute Gasteiger partial charge is 0.315 e. The average Bonchev–Trinajstić information content (AvgIpc) is 3.11. The topological polar surface area (TPSA) is 62.7 Å². The fourth-order valence-electron chi connectivity index (χ4n) is 3.12. The molecule has 2 atom stereocenters. The zero-order chi connectivity index (χ0) is 18.2. The second-order valence-electron chi connectivity index (χ2n) is 6.47. The number of benzene rings is 2. The van der Waals surface area contributed by atoms with E-state index in [1.807, 2.05) is 43.3 Å². The monoisotopic (exact) mass is 351 g/mol. The normalized spacial score (nSPS) is 17.1. The number of amides is 2. The molecule has 0 fully saturated rings. The van der Waals surface area contributed by atoms with E-state index in [2.05, 4.69) is 40.1 Å². The van der Waals surface area contributed by atoms with Crippen molar-refractivity contribution >= 4 is 11.7 Å². The molecule has 0 aliphatic carbocycles. The quantitative estimate of drug-likeness (QED) is 0.804. The van der Waals surface area contributed by atoms with E-state index >= 15 is 0 Å². The SMILES string of the molecule is CCNC(=O)NC(Cc1ccccc1)C1CC(Cc2ccccc2)=NO1. The third-order valence-electron chi connectivity index (χ3n) is 4.41. The standard InChI is InChI=1S/C21H25N3O2/c1-2-22-21(25)23-19(14-17-11-7-4-8-12-17)20-15-18(24-26-20)13-16-9-5-3-6-10-16/h3-12,19-20H,2,13-15H2,1H3,(H2,22,23,25). The van der Waals surface area contributed by atoms with Crippen molar-refractivity contribution in [3.05, 3.63) is 71.8 Å². The van der Waals surface area contributed by atoms with Crippen LogP contribution in [0.25, 0.3) is 0 Å². The van der Waals surface area contributed by atoms with Crippen molar-refractivity contribution in [3.63, 3.8) is 0 Å². The predicted octanol–water partition coefficient (Wildman–Crippen LogP) is 3.30. The molecular formula is C21H25N3O2. The van der Waals surface area contributed by atoms with E-state index in [0.717, 1.165) is 24.1 Å². The Labute approximate surface area is 154 Å². The zero-order valence-corrected chi connectivity index (χ0v) is 15.0. The highest BCUT2D eigenvalue weighted by molar-refractivity contribution is 5.87. The molecule has 3 rings (SSSR count). The Morgan fingerprint density at radius 1 is 1.12 bits per heavy atom. The van der Waals surface area contributed by atoms with E-state index in [9.17, 15) is 4.79 Å². The van der Waals surface area contributed by atoms with Crippen LogP contribution in [0.2, 0.25) is 0 Å². The first-order chi connectivity index (χ1) is 12.7. The number of nitrogens with one attached hydrogen (secondary N) is 2. The molecule has 0 aromatic heterocycles.